The van der Waals surface area contributed by atoms with Crippen LogP contribution in [0.5, 0.6) is 0 Å². The number of benzene rings is 2. The molecule has 0 aromatic heterocycles. The number of amides is 1. The summed E-state index contributed by atoms with van der Waals surface area (Å²) in [5.41, 5.74) is 2.98. The fourth-order valence-electron chi connectivity index (χ4n) is 2.95. The highest BCUT2D eigenvalue weighted by molar-refractivity contribution is 6.37. The molecule has 0 radical (unpaired) electrons. The van der Waals surface area contributed by atoms with Gasteiger partial charge in [-0.05, 0) is 29.3 Å². The maximum absolute atomic E-state index is 12.2. The summed E-state index contributed by atoms with van der Waals surface area (Å²) in [4.78, 5) is 14.6. The Bertz CT molecular complexity index is 797. The molecule has 2 aromatic carbocycles. The number of nitrogens with zero attached hydrogens (tertiary/aromatic N) is 1. The van der Waals surface area contributed by atoms with Crippen LogP contribution in [0.2, 0.25) is 10.0 Å². The lowest BCUT2D eigenvalue weighted by molar-refractivity contribution is -0.116. The Morgan fingerprint density at radius 2 is 1.70 bits per heavy atom. The topological polar surface area (TPSA) is 41.6 Å². The Balaban J connectivity index is 1.59. The van der Waals surface area contributed by atoms with E-state index in [1.54, 1.807) is 24.3 Å². The van der Waals surface area contributed by atoms with E-state index in [1.807, 2.05) is 18.2 Å². The summed E-state index contributed by atoms with van der Waals surface area (Å²) in [6, 6.07) is 13.4. The summed E-state index contributed by atoms with van der Waals surface area (Å²) >= 11 is 12.2. The number of rotatable bonds is 6. The quantitative estimate of drug-likeness (QED) is 0.734. The standard InChI is InChI=1S/C21H22Cl2N2O2/c22-19-6-3-7-20(23)18(19)8-9-21(26)24-14-16-4-1-2-5-17(16)15-25-10-12-27-13-11-25/h1-9H,10-15H2,(H,24,26)/b9-8+. The van der Waals surface area contributed by atoms with Crippen molar-refractivity contribution < 1.29 is 9.53 Å². The minimum atomic E-state index is -0.188. The van der Waals surface area contributed by atoms with E-state index in [-0.39, 0.29) is 5.91 Å². The fraction of sp³-hybridized carbons (Fsp3) is 0.286. The number of carbonyl (C=O) groups is 1. The first kappa shape index (κ1) is 19.9. The molecule has 1 aliphatic rings. The Morgan fingerprint density at radius 1 is 1.04 bits per heavy atom. The lowest BCUT2D eigenvalue weighted by atomic mass is 10.1. The number of hydrogen-bond acceptors (Lipinski definition) is 3. The number of morpholine rings is 1. The Kier molecular flexibility index (Phi) is 7.30. The molecule has 0 atom stereocenters. The zero-order valence-electron chi connectivity index (χ0n) is 15.0. The number of ether oxygens (including phenoxy) is 1. The smallest absolute Gasteiger partial charge is 0.244 e. The molecule has 0 unspecified atom stereocenters. The molecule has 3 rings (SSSR count). The van der Waals surface area contributed by atoms with Crippen molar-refractivity contribution >= 4 is 35.2 Å². The highest BCUT2D eigenvalue weighted by atomic mass is 35.5. The zero-order chi connectivity index (χ0) is 19.1. The summed E-state index contributed by atoms with van der Waals surface area (Å²) in [5.74, 6) is -0.188. The molecular weight excluding hydrogens is 383 g/mol. The third-order valence-corrected chi connectivity index (χ3v) is 5.13. The van der Waals surface area contributed by atoms with E-state index in [2.05, 4.69) is 16.3 Å². The van der Waals surface area contributed by atoms with Crippen molar-refractivity contribution in [3.63, 3.8) is 0 Å². The molecule has 27 heavy (non-hydrogen) atoms. The maximum atomic E-state index is 12.2. The molecule has 2 aromatic rings. The van der Waals surface area contributed by atoms with Crippen molar-refractivity contribution in [3.05, 3.63) is 75.3 Å². The van der Waals surface area contributed by atoms with E-state index in [9.17, 15) is 4.79 Å². The van der Waals surface area contributed by atoms with Gasteiger partial charge < -0.3 is 10.1 Å². The second-order valence-corrected chi connectivity index (χ2v) is 7.16. The van der Waals surface area contributed by atoms with E-state index in [4.69, 9.17) is 27.9 Å². The van der Waals surface area contributed by atoms with Gasteiger partial charge in [-0.25, -0.2) is 0 Å². The van der Waals surface area contributed by atoms with Crippen LogP contribution in [0.1, 0.15) is 16.7 Å². The van der Waals surface area contributed by atoms with E-state index in [0.29, 0.717) is 22.2 Å². The Hall–Kier alpha value is -1.85. The van der Waals surface area contributed by atoms with Crippen molar-refractivity contribution in [1.82, 2.24) is 10.2 Å². The number of carbonyl (C=O) groups excluding carboxylic acids is 1. The predicted octanol–water partition coefficient (Wildman–Crippen LogP) is 4.16. The molecule has 0 aliphatic carbocycles. The van der Waals surface area contributed by atoms with Gasteiger partial charge in [0.25, 0.3) is 0 Å². The average Bonchev–Trinajstić information content (AvgIpc) is 2.68. The van der Waals surface area contributed by atoms with Crippen molar-refractivity contribution in [1.29, 1.82) is 0 Å². The second-order valence-electron chi connectivity index (χ2n) is 6.34. The molecule has 6 heteroatoms. The van der Waals surface area contributed by atoms with Crippen molar-refractivity contribution in [2.24, 2.45) is 0 Å². The highest BCUT2D eigenvalue weighted by Gasteiger charge is 2.12. The van der Waals surface area contributed by atoms with Crippen LogP contribution in [-0.4, -0.2) is 37.1 Å². The molecule has 1 saturated heterocycles. The minimum absolute atomic E-state index is 0.188. The van der Waals surface area contributed by atoms with Gasteiger partial charge in [0.05, 0.1) is 13.2 Å². The molecule has 1 fully saturated rings. The number of nitrogens with one attached hydrogen (secondary N) is 1. The van der Waals surface area contributed by atoms with E-state index in [0.717, 1.165) is 38.4 Å². The lowest BCUT2D eigenvalue weighted by Gasteiger charge is -2.27. The van der Waals surface area contributed by atoms with Gasteiger partial charge in [0, 0.05) is 47.9 Å². The van der Waals surface area contributed by atoms with Crippen LogP contribution in [0.25, 0.3) is 6.08 Å². The van der Waals surface area contributed by atoms with E-state index >= 15 is 0 Å². The SMILES string of the molecule is O=C(/C=C/c1c(Cl)cccc1Cl)NCc1ccccc1CN1CCOCC1. The van der Waals surface area contributed by atoms with Gasteiger partial charge in [-0.1, -0.05) is 53.5 Å². The fourth-order valence-corrected chi connectivity index (χ4v) is 3.48. The number of hydrogen-bond donors (Lipinski definition) is 1. The second kappa shape index (κ2) is 9.90. The molecule has 0 saturated carbocycles. The third-order valence-electron chi connectivity index (χ3n) is 4.47. The molecule has 1 N–H and O–H groups in total. The van der Waals surface area contributed by atoms with Crippen molar-refractivity contribution in [3.8, 4) is 0 Å². The monoisotopic (exact) mass is 404 g/mol. The summed E-state index contributed by atoms with van der Waals surface area (Å²) in [7, 11) is 0. The molecule has 1 heterocycles. The van der Waals surface area contributed by atoms with Gasteiger partial charge in [0.15, 0.2) is 0 Å². The first-order chi connectivity index (χ1) is 13.1. The summed E-state index contributed by atoms with van der Waals surface area (Å²) in [6.45, 7) is 4.74. The zero-order valence-corrected chi connectivity index (χ0v) is 16.5. The van der Waals surface area contributed by atoms with Gasteiger partial charge in [-0.15, -0.1) is 0 Å². The molecule has 0 spiro atoms. The van der Waals surface area contributed by atoms with Crippen LogP contribution in [0.3, 0.4) is 0 Å². The van der Waals surface area contributed by atoms with Crippen LogP contribution in [0.15, 0.2) is 48.5 Å². The van der Waals surface area contributed by atoms with Gasteiger partial charge in [0.2, 0.25) is 5.91 Å². The van der Waals surface area contributed by atoms with E-state index < -0.39 is 0 Å². The van der Waals surface area contributed by atoms with Crippen LogP contribution >= 0.6 is 23.2 Å². The van der Waals surface area contributed by atoms with Crippen LogP contribution in [0, 0.1) is 0 Å². The maximum Gasteiger partial charge on any atom is 0.244 e. The third kappa shape index (κ3) is 5.81. The summed E-state index contributed by atoms with van der Waals surface area (Å²) < 4.78 is 5.40. The molecule has 4 nitrogen and oxygen atoms in total. The molecule has 0 bridgehead atoms. The molecule has 1 amide bonds. The largest absolute Gasteiger partial charge is 0.379 e. The normalized spacial score (nSPS) is 15.2. The van der Waals surface area contributed by atoms with Crippen molar-refractivity contribution in [2.75, 3.05) is 26.3 Å². The van der Waals surface area contributed by atoms with E-state index in [1.165, 1.54) is 11.6 Å². The molecule has 1 aliphatic heterocycles. The number of halogens is 2. The molecular formula is C21H22Cl2N2O2. The lowest BCUT2D eigenvalue weighted by Crippen LogP contribution is -2.36. The average molecular weight is 405 g/mol. The first-order valence-electron chi connectivity index (χ1n) is 8.90. The van der Waals surface area contributed by atoms with Crippen LogP contribution in [0.4, 0.5) is 0 Å². The van der Waals surface area contributed by atoms with Crippen LogP contribution < -0.4 is 5.32 Å². The Labute approximate surface area is 169 Å². The van der Waals surface area contributed by atoms with Crippen molar-refractivity contribution in [2.45, 2.75) is 13.1 Å². The van der Waals surface area contributed by atoms with Gasteiger partial charge in [-0.2, -0.15) is 0 Å². The summed E-state index contributed by atoms with van der Waals surface area (Å²) in [5, 5.41) is 3.96. The Morgan fingerprint density at radius 3 is 2.41 bits per heavy atom. The first-order valence-corrected chi connectivity index (χ1v) is 9.66. The van der Waals surface area contributed by atoms with Crippen LogP contribution in [-0.2, 0) is 22.6 Å². The predicted molar refractivity (Wildman–Crippen MR) is 110 cm³/mol. The van der Waals surface area contributed by atoms with Gasteiger partial charge in [0.1, 0.15) is 0 Å². The minimum Gasteiger partial charge on any atom is -0.379 e. The van der Waals surface area contributed by atoms with Gasteiger partial charge in [-0.3, -0.25) is 9.69 Å². The highest BCUT2D eigenvalue weighted by Crippen LogP contribution is 2.25. The molecule has 142 valence electrons. The summed E-state index contributed by atoms with van der Waals surface area (Å²) in [6.07, 6.45) is 3.09. The van der Waals surface area contributed by atoms with Gasteiger partial charge >= 0.3 is 0 Å².